The van der Waals surface area contributed by atoms with E-state index < -0.39 is 29.9 Å². The lowest BCUT2D eigenvalue weighted by atomic mass is 10.1. The molecule has 0 atom stereocenters. The van der Waals surface area contributed by atoms with Gasteiger partial charge in [0.1, 0.15) is 0 Å². The maximum atomic E-state index is 12.3. The van der Waals surface area contributed by atoms with Crippen molar-refractivity contribution in [3.8, 4) is 5.75 Å². The normalized spacial score (nSPS) is 10.6. The predicted octanol–water partition coefficient (Wildman–Crippen LogP) is 1.72. The molecule has 0 saturated carbocycles. The largest absolute Gasteiger partial charge is 0.505 e. The fourth-order valence-corrected chi connectivity index (χ4v) is 2.39. The predicted molar refractivity (Wildman–Crippen MR) is 88.5 cm³/mol. The van der Waals surface area contributed by atoms with E-state index >= 15 is 0 Å². The summed E-state index contributed by atoms with van der Waals surface area (Å²) in [7, 11) is 0. The first-order chi connectivity index (χ1) is 11.8. The summed E-state index contributed by atoms with van der Waals surface area (Å²) in [5.41, 5.74) is 4.55. The van der Waals surface area contributed by atoms with Gasteiger partial charge < -0.3 is 15.9 Å². The van der Waals surface area contributed by atoms with Gasteiger partial charge in [0.05, 0.1) is 28.8 Å². The van der Waals surface area contributed by atoms with Gasteiger partial charge in [-0.2, -0.15) is 0 Å². The third-order valence-corrected chi connectivity index (χ3v) is 4.07. The Bertz CT molecular complexity index is 844. The smallest absolute Gasteiger partial charge is 0.299 e. The van der Waals surface area contributed by atoms with E-state index in [0.29, 0.717) is 15.6 Å². The molecule has 0 aliphatic carbocycles. The number of nitrogens with two attached hydrogens (primary N) is 1. The van der Waals surface area contributed by atoms with Crippen LogP contribution in [0.25, 0.3) is 0 Å². The minimum Gasteiger partial charge on any atom is -0.505 e. The molecule has 2 amide bonds. The van der Waals surface area contributed by atoms with Crippen LogP contribution in [-0.4, -0.2) is 37.3 Å². The molecule has 0 spiro atoms. The molecule has 0 aliphatic rings. The second-order valence-electron chi connectivity index (χ2n) is 4.98. The Hall–Kier alpha value is -2.39. The first kappa shape index (κ1) is 18.9. The van der Waals surface area contributed by atoms with Gasteiger partial charge in [-0.3, -0.25) is 14.8 Å². The summed E-state index contributed by atoms with van der Waals surface area (Å²) in [6, 6.07) is 4.51. The van der Waals surface area contributed by atoms with E-state index in [-0.39, 0.29) is 22.7 Å². The molecule has 0 bridgehead atoms. The Labute approximate surface area is 152 Å². The van der Waals surface area contributed by atoms with Crippen molar-refractivity contribution < 1.29 is 25.0 Å². The zero-order chi connectivity index (χ0) is 18.7. The zero-order valence-corrected chi connectivity index (χ0v) is 14.1. The van der Waals surface area contributed by atoms with Crippen LogP contribution in [0.1, 0.15) is 32.0 Å². The highest BCUT2D eigenvalue weighted by molar-refractivity contribution is 6.42. The number of aromatic nitrogens is 1. The van der Waals surface area contributed by atoms with Crippen LogP contribution in [0.3, 0.4) is 0 Å². The molecule has 8 nitrogen and oxygen atoms in total. The fourth-order valence-electron chi connectivity index (χ4n) is 2.07. The number of rotatable bonds is 5. The zero-order valence-electron chi connectivity index (χ0n) is 12.6. The first-order valence-electron chi connectivity index (χ1n) is 6.82. The highest BCUT2D eigenvalue weighted by Crippen LogP contribution is 2.26. The molecule has 0 fully saturated rings. The molecule has 25 heavy (non-hydrogen) atoms. The van der Waals surface area contributed by atoms with Gasteiger partial charge in [-0.05, 0) is 17.7 Å². The molecule has 2 rings (SSSR count). The van der Waals surface area contributed by atoms with Crippen LogP contribution in [0.5, 0.6) is 5.75 Å². The summed E-state index contributed by atoms with van der Waals surface area (Å²) in [4.78, 5) is 27.2. The second-order valence-corrected chi connectivity index (χ2v) is 5.80. The van der Waals surface area contributed by atoms with Crippen LogP contribution in [0.2, 0.25) is 10.0 Å². The minimum atomic E-state index is -1.05. The number of carbonyl (C=O) groups is 2. The lowest BCUT2D eigenvalue weighted by Crippen LogP contribution is -2.28. The third-order valence-electron chi connectivity index (χ3n) is 3.33. The van der Waals surface area contributed by atoms with Crippen molar-refractivity contribution in [2.75, 3.05) is 0 Å². The van der Waals surface area contributed by atoms with Crippen LogP contribution in [-0.2, 0) is 13.2 Å². The molecule has 5 N–H and O–H groups in total. The molecule has 1 aromatic heterocycles. The minimum absolute atomic E-state index is 0.231. The quantitative estimate of drug-likeness (QED) is 0.456. The van der Waals surface area contributed by atoms with E-state index in [1.54, 1.807) is 6.07 Å². The van der Waals surface area contributed by atoms with Gasteiger partial charge in [0.15, 0.2) is 11.4 Å². The van der Waals surface area contributed by atoms with Gasteiger partial charge in [0.2, 0.25) is 0 Å². The number of amides is 2. The number of hydrogen-bond donors (Lipinski definition) is 4. The SMILES string of the molecule is NC(=O)c1cnc(C(=O)N(O)Cc2ccc(Cl)c(Cl)c2)c(O)c1CO. The van der Waals surface area contributed by atoms with Crippen molar-refractivity contribution in [1.82, 2.24) is 10.0 Å². The number of halogens is 2. The summed E-state index contributed by atoms with van der Waals surface area (Å²) >= 11 is 11.7. The maximum absolute atomic E-state index is 12.3. The number of hydroxylamine groups is 2. The van der Waals surface area contributed by atoms with Crippen LogP contribution < -0.4 is 5.73 Å². The maximum Gasteiger partial charge on any atom is 0.299 e. The van der Waals surface area contributed by atoms with Crippen LogP contribution in [0, 0.1) is 0 Å². The van der Waals surface area contributed by atoms with Gasteiger partial charge in [0.25, 0.3) is 11.8 Å². The number of benzene rings is 1. The highest BCUT2D eigenvalue weighted by atomic mass is 35.5. The lowest BCUT2D eigenvalue weighted by molar-refractivity contribution is -0.0654. The van der Waals surface area contributed by atoms with Crippen molar-refractivity contribution >= 4 is 35.0 Å². The fraction of sp³-hybridized carbons (Fsp3) is 0.133. The number of aliphatic hydroxyl groups is 1. The molecule has 0 unspecified atom stereocenters. The molecular formula is C15H13Cl2N3O5. The summed E-state index contributed by atoms with van der Waals surface area (Å²) in [5, 5.41) is 30.1. The van der Waals surface area contributed by atoms with Crippen molar-refractivity contribution in [3.05, 3.63) is 56.8 Å². The van der Waals surface area contributed by atoms with Gasteiger partial charge in [-0.1, -0.05) is 29.3 Å². The Balaban J connectivity index is 2.30. The number of primary amides is 1. The molecule has 0 aliphatic heterocycles. The van der Waals surface area contributed by atoms with Crippen molar-refractivity contribution in [2.45, 2.75) is 13.2 Å². The number of hydrogen-bond acceptors (Lipinski definition) is 6. The molecule has 132 valence electrons. The van der Waals surface area contributed by atoms with Gasteiger partial charge in [0, 0.05) is 11.8 Å². The van der Waals surface area contributed by atoms with E-state index in [1.807, 2.05) is 0 Å². The Morgan fingerprint density at radius 2 is 1.92 bits per heavy atom. The molecule has 10 heteroatoms. The van der Waals surface area contributed by atoms with Gasteiger partial charge >= 0.3 is 0 Å². The van der Waals surface area contributed by atoms with Crippen LogP contribution in [0.4, 0.5) is 0 Å². The van der Waals surface area contributed by atoms with Crippen molar-refractivity contribution in [1.29, 1.82) is 0 Å². The van der Waals surface area contributed by atoms with Gasteiger partial charge in [-0.15, -0.1) is 0 Å². The topological polar surface area (TPSA) is 137 Å². The van der Waals surface area contributed by atoms with Gasteiger partial charge in [-0.25, -0.2) is 10.0 Å². The molecule has 1 heterocycles. The summed E-state index contributed by atoms with van der Waals surface area (Å²) in [6.45, 7) is -1.01. The molecular weight excluding hydrogens is 373 g/mol. The lowest BCUT2D eigenvalue weighted by Gasteiger charge is -2.17. The van der Waals surface area contributed by atoms with E-state index in [1.165, 1.54) is 12.1 Å². The summed E-state index contributed by atoms with van der Waals surface area (Å²) in [6.07, 6.45) is 0.938. The molecule has 0 radical (unpaired) electrons. The number of nitrogens with zero attached hydrogens (tertiary/aromatic N) is 2. The number of aliphatic hydroxyl groups excluding tert-OH is 1. The van der Waals surface area contributed by atoms with E-state index in [0.717, 1.165) is 6.20 Å². The van der Waals surface area contributed by atoms with E-state index in [9.17, 15) is 25.0 Å². The number of pyridine rings is 1. The third kappa shape index (κ3) is 3.99. The number of carbonyl (C=O) groups excluding carboxylic acids is 2. The van der Waals surface area contributed by atoms with Crippen LogP contribution in [0.15, 0.2) is 24.4 Å². The number of aromatic hydroxyl groups is 1. The highest BCUT2D eigenvalue weighted by Gasteiger charge is 2.24. The summed E-state index contributed by atoms with van der Waals surface area (Å²) < 4.78 is 0. The summed E-state index contributed by atoms with van der Waals surface area (Å²) in [5.74, 6) is -2.71. The van der Waals surface area contributed by atoms with Crippen molar-refractivity contribution in [3.63, 3.8) is 0 Å². The Morgan fingerprint density at radius 3 is 2.48 bits per heavy atom. The first-order valence-corrected chi connectivity index (χ1v) is 7.58. The standard InChI is InChI=1S/C15H13Cl2N3O5/c16-10-2-1-7(3-11(10)17)5-20(25)15(24)12-13(22)9(6-21)8(4-19-12)14(18)23/h1-4,21-22,25H,5-6H2,(H2,18,23). The average molecular weight is 386 g/mol. The monoisotopic (exact) mass is 385 g/mol. The van der Waals surface area contributed by atoms with E-state index in [4.69, 9.17) is 28.9 Å². The Morgan fingerprint density at radius 1 is 1.24 bits per heavy atom. The molecule has 2 aromatic rings. The van der Waals surface area contributed by atoms with Crippen molar-refractivity contribution in [2.24, 2.45) is 5.73 Å². The Kier molecular flexibility index (Phi) is 5.81. The van der Waals surface area contributed by atoms with Crippen LogP contribution >= 0.6 is 23.2 Å². The molecule has 1 aromatic carbocycles. The van der Waals surface area contributed by atoms with E-state index in [2.05, 4.69) is 4.98 Å². The average Bonchev–Trinajstić information content (AvgIpc) is 2.57. The molecule has 0 saturated heterocycles. The second kappa shape index (κ2) is 7.66.